The average molecular weight is 161 g/mol. The molecule has 1 aromatic rings. The van der Waals surface area contributed by atoms with E-state index in [2.05, 4.69) is 15.2 Å². The maximum absolute atomic E-state index is 4.01. The molecule has 0 saturated carbocycles. The molecule has 0 spiro atoms. The van der Waals surface area contributed by atoms with Crippen molar-refractivity contribution in [2.75, 3.05) is 12.4 Å². The number of nitrogens with one attached hydrogen (secondary N) is 1. The Hall–Kier alpha value is -0.271. The monoisotopic (exact) mass is 162 g/mol. The summed E-state index contributed by atoms with van der Waals surface area (Å²) in [6.45, 7) is 0. The van der Waals surface area contributed by atoms with Crippen LogP contribution in [0.15, 0.2) is 10.0 Å². The van der Waals surface area contributed by atoms with E-state index < -0.39 is 0 Å². The fourth-order valence-electron chi connectivity index (χ4n) is 0.336. The van der Waals surface area contributed by atoms with Gasteiger partial charge in [-0.15, -0.1) is 0 Å². The van der Waals surface area contributed by atoms with Gasteiger partial charge in [-0.25, -0.2) is 0 Å². The van der Waals surface area contributed by atoms with Gasteiger partial charge in [0.2, 0.25) is 0 Å². The van der Waals surface area contributed by atoms with Crippen LogP contribution in [0.1, 0.15) is 0 Å². The van der Waals surface area contributed by atoms with E-state index in [9.17, 15) is 0 Å². The zero-order valence-electron chi connectivity index (χ0n) is 4.01. The first kappa shape index (κ1) is 4.88. The molecule has 1 rings (SSSR count). The van der Waals surface area contributed by atoms with Crippen molar-refractivity contribution >= 4 is 20.3 Å². The molecule has 0 aliphatic heterocycles. The van der Waals surface area contributed by atoms with Crippen molar-refractivity contribution in [1.82, 2.24) is 4.98 Å². The molecule has 1 N–H and O–H groups in total. The van der Waals surface area contributed by atoms with Crippen molar-refractivity contribution in [3.8, 4) is 0 Å². The van der Waals surface area contributed by atoms with E-state index in [0.29, 0.717) is 14.5 Å². The molecule has 1 aromatic heterocycles. The van der Waals surface area contributed by atoms with Gasteiger partial charge in [0.25, 0.3) is 0 Å². The second kappa shape index (κ2) is 2.15. The maximum atomic E-state index is 4.01. The van der Waals surface area contributed by atoms with E-state index in [1.54, 1.807) is 0 Å². The molecule has 1 heterocycles. The predicted octanol–water partition coefficient (Wildman–Crippen LogP) is 0.180. The van der Waals surface area contributed by atoms with Crippen LogP contribution in [0.2, 0.25) is 0 Å². The van der Waals surface area contributed by atoms with Gasteiger partial charge < -0.3 is 0 Å². The summed E-state index contributed by atoms with van der Waals surface area (Å²) < 4.78 is 0. The van der Waals surface area contributed by atoms with Crippen LogP contribution in [0.3, 0.4) is 0 Å². The van der Waals surface area contributed by atoms with Gasteiger partial charge in [-0.1, -0.05) is 0 Å². The summed E-state index contributed by atoms with van der Waals surface area (Å²) in [7, 11) is 1.88. The molecule has 0 saturated heterocycles. The fraction of sp³-hybridized carbons (Fsp3) is 0.250. The number of aromatic nitrogens is 1. The van der Waals surface area contributed by atoms with Crippen molar-refractivity contribution < 1.29 is 0 Å². The molecule has 0 atom stereocenters. The van der Waals surface area contributed by atoms with Gasteiger partial charge in [0.1, 0.15) is 0 Å². The van der Waals surface area contributed by atoms with Gasteiger partial charge in [-0.3, -0.25) is 0 Å². The predicted molar refractivity (Wildman–Crippen MR) is 30.7 cm³/mol. The quantitative estimate of drug-likeness (QED) is 0.594. The first-order valence-corrected chi connectivity index (χ1v) is 3.97. The molecular weight excluding hydrogens is 155 g/mol. The van der Waals surface area contributed by atoms with E-state index in [1.807, 2.05) is 12.1 Å². The van der Waals surface area contributed by atoms with Gasteiger partial charge in [-0.2, -0.15) is 0 Å². The molecule has 0 unspecified atom stereocenters. The molecule has 0 aromatic carbocycles. The third-order valence-corrected chi connectivity index (χ3v) is 1.92. The second-order valence-electron chi connectivity index (χ2n) is 1.12. The minimum absolute atomic E-state index is 0.526. The van der Waals surface area contributed by atoms with E-state index in [4.69, 9.17) is 0 Å². The number of nitrogens with zero attached hydrogens (tertiary/aromatic N) is 1. The summed E-state index contributed by atoms with van der Waals surface area (Å²) in [5, 5.41) is 4.89. The van der Waals surface area contributed by atoms with Crippen LogP contribution in [0.25, 0.3) is 0 Å². The topological polar surface area (TPSA) is 24.9 Å². The van der Waals surface area contributed by atoms with Crippen molar-refractivity contribution in [3.05, 3.63) is 10.0 Å². The molecular formula is C4H6N2Se. The Labute approximate surface area is 48.3 Å². The molecule has 2 nitrogen and oxygen atoms in total. The summed E-state index contributed by atoms with van der Waals surface area (Å²) in [5.74, 6) is 1.01. The van der Waals surface area contributed by atoms with Crippen molar-refractivity contribution in [2.24, 2.45) is 0 Å². The number of hydrogen-bond donors (Lipinski definition) is 1. The van der Waals surface area contributed by atoms with Gasteiger partial charge in [-0.05, 0) is 0 Å². The molecule has 0 aliphatic carbocycles. The van der Waals surface area contributed by atoms with Gasteiger partial charge in [0.05, 0.1) is 0 Å². The molecule has 3 heteroatoms. The normalized spacial score (nSPS) is 8.71. The minimum atomic E-state index is 0.526. The second-order valence-corrected chi connectivity index (χ2v) is 2.63. The standard InChI is InChI=1S/C4H6N2Se/c1-5-4-2-7-3-6-4/h2-3,5H,1H3. The van der Waals surface area contributed by atoms with E-state index in [-0.39, 0.29) is 0 Å². The summed E-state index contributed by atoms with van der Waals surface area (Å²) in [6, 6.07) is 0. The summed E-state index contributed by atoms with van der Waals surface area (Å²) in [4.78, 5) is 6.11. The molecule has 0 fully saturated rings. The van der Waals surface area contributed by atoms with Crippen LogP contribution in [-0.4, -0.2) is 26.5 Å². The Kier molecular flexibility index (Phi) is 1.49. The third-order valence-electron chi connectivity index (χ3n) is 0.688. The first-order valence-electron chi connectivity index (χ1n) is 1.99. The SMILES string of the molecule is CNc1c[se]cn1. The molecule has 0 bridgehead atoms. The van der Waals surface area contributed by atoms with Crippen LogP contribution in [-0.2, 0) is 0 Å². The number of anilines is 1. The fourth-order valence-corrected chi connectivity index (χ4v) is 1.48. The number of rotatable bonds is 1. The Morgan fingerprint density at radius 1 is 1.86 bits per heavy atom. The van der Waals surface area contributed by atoms with Crippen molar-refractivity contribution in [2.45, 2.75) is 0 Å². The van der Waals surface area contributed by atoms with E-state index >= 15 is 0 Å². The summed E-state index contributed by atoms with van der Waals surface area (Å²) in [6.07, 6.45) is 0. The van der Waals surface area contributed by atoms with Crippen molar-refractivity contribution in [1.29, 1.82) is 0 Å². The van der Waals surface area contributed by atoms with Gasteiger partial charge in [0.15, 0.2) is 0 Å². The molecule has 0 aliphatic rings. The van der Waals surface area contributed by atoms with Crippen LogP contribution in [0.4, 0.5) is 5.82 Å². The Bertz CT molecular complexity index is 124. The van der Waals surface area contributed by atoms with Crippen LogP contribution in [0, 0.1) is 0 Å². The Morgan fingerprint density at radius 3 is 3.00 bits per heavy atom. The van der Waals surface area contributed by atoms with E-state index in [1.165, 1.54) is 0 Å². The molecule has 0 radical (unpaired) electrons. The average Bonchev–Trinajstić information content (AvgIpc) is 2.14. The van der Waals surface area contributed by atoms with Crippen LogP contribution >= 0.6 is 0 Å². The zero-order chi connectivity index (χ0) is 5.11. The molecule has 38 valence electrons. The Balaban J connectivity index is 2.76. The first-order chi connectivity index (χ1) is 3.43. The van der Waals surface area contributed by atoms with Gasteiger partial charge in [0, 0.05) is 0 Å². The van der Waals surface area contributed by atoms with Gasteiger partial charge >= 0.3 is 47.7 Å². The van der Waals surface area contributed by atoms with Crippen LogP contribution < -0.4 is 5.32 Å². The summed E-state index contributed by atoms with van der Waals surface area (Å²) >= 11 is 0.526. The Morgan fingerprint density at radius 2 is 2.71 bits per heavy atom. The van der Waals surface area contributed by atoms with Crippen LogP contribution in [0.5, 0.6) is 0 Å². The zero-order valence-corrected chi connectivity index (χ0v) is 5.72. The van der Waals surface area contributed by atoms with Crippen molar-refractivity contribution in [3.63, 3.8) is 0 Å². The third kappa shape index (κ3) is 1.05. The van der Waals surface area contributed by atoms with E-state index in [0.717, 1.165) is 5.82 Å². The molecule has 7 heavy (non-hydrogen) atoms. The number of hydrogen-bond acceptors (Lipinski definition) is 2. The summed E-state index contributed by atoms with van der Waals surface area (Å²) in [5.41, 5.74) is 0. The molecule has 0 amide bonds.